The Morgan fingerprint density at radius 2 is 1.19 bits per heavy atom. The van der Waals surface area contributed by atoms with Gasteiger partial charge in [-0.1, -0.05) is 96.1 Å². The lowest BCUT2D eigenvalue weighted by molar-refractivity contribution is 0.469. The first-order valence-electron chi connectivity index (χ1n) is 11.3. The molecule has 1 aliphatic rings. The van der Waals surface area contributed by atoms with E-state index in [9.17, 15) is 0 Å². The Hall–Kier alpha value is -1.15. The molecule has 2 nitrogen and oxygen atoms in total. The SMILES string of the molecule is CCCCCCCCCCCCCCCC[N+]1(C)C=Nc2ccccc21. The van der Waals surface area contributed by atoms with Gasteiger partial charge in [0.15, 0.2) is 12.0 Å². The average molecular weight is 358 g/mol. The predicted octanol–water partition coefficient (Wildman–Crippen LogP) is 7.78. The zero-order chi connectivity index (χ0) is 18.5. The van der Waals surface area contributed by atoms with E-state index in [-0.39, 0.29) is 0 Å². The largest absolute Gasteiger partial charge is 0.249 e. The van der Waals surface area contributed by atoms with Crippen LogP contribution in [0.4, 0.5) is 11.4 Å². The van der Waals surface area contributed by atoms with Crippen LogP contribution >= 0.6 is 0 Å². The number of hydrogen-bond donors (Lipinski definition) is 0. The first kappa shape index (κ1) is 21.2. The first-order valence-corrected chi connectivity index (χ1v) is 11.3. The zero-order valence-electron chi connectivity index (χ0n) is 17.4. The molecule has 2 rings (SSSR count). The van der Waals surface area contributed by atoms with Gasteiger partial charge < -0.3 is 0 Å². The van der Waals surface area contributed by atoms with Crippen LogP contribution < -0.4 is 4.48 Å². The fraction of sp³-hybridized carbons (Fsp3) is 0.708. The van der Waals surface area contributed by atoms with E-state index in [0.717, 1.165) is 10.2 Å². The second-order valence-electron chi connectivity index (χ2n) is 8.32. The number of unbranched alkanes of at least 4 members (excludes halogenated alkanes) is 13. The van der Waals surface area contributed by atoms with Crippen molar-refractivity contribution in [3.8, 4) is 0 Å². The Balaban J connectivity index is 1.41. The number of nitrogens with zero attached hydrogens (tertiary/aromatic N) is 2. The number of benzene rings is 1. The van der Waals surface area contributed by atoms with Gasteiger partial charge in [0.1, 0.15) is 5.69 Å². The quantitative estimate of drug-likeness (QED) is 0.224. The molecule has 0 spiro atoms. The van der Waals surface area contributed by atoms with Gasteiger partial charge in [0, 0.05) is 6.07 Å². The predicted molar refractivity (Wildman–Crippen MR) is 117 cm³/mol. The van der Waals surface area contributed by atoms with Gasteiger partial charge in [-0.25, -0.2) is 4.48 Å². The molecule has 1 atom stereocenters. The maximum Gasteiger partial charge on any atom is 0.195 e. The summed E-state index contributed by atoms with van der Waals surface area (Å²) in [4.78, 5) is 4.58. The lowest BCUT2D eigenvalue weighted by Crippen LogP contribution is -2.42. The number of aliphatic imine (C=N–C) groups is 1. The van der Waals surface area contributed by atoms with Gasteiger partial charge >= 0.3 is 0 Å². The highest BCUT2D eigenvalue weighted by Crippen LogP contribution is 2.36. The minimum atomic E-state index is 0.883. The average Bonchev–Trinajstić information content (AvgIpc) is 3.00. The third-order valence-corrected chi connectivity index (χ3v) is 5.86. The van der Waals surface area contributed by atoms with Crippen LogP contribution in [0.3, 0.4) is 0 Å². The normalized spacial score (nSPS) is 18.4. The van der Waals surface area contributed by atoms with E-state index in [1.807, 2.05) is 0 Å². The van der Waals surface area contributed by atoms with Crippen molar-refractivity contribution in [1.29, 1.82) is 0 Å². The molecule has 0 saturated heterocycles. The van der Waals surface area contributed by atoms with Gasteiger partial charge in [0.2, 0.25) is 0 Å². The Labute approximate surface area is 162 Å². The van der Waals surface area contributed by atoms with Gasteiger partial charge in [0.05, 0.1) is 13.6 Å². The fourth-order valence-corrected chi connectivity index (χ4v) is 4.07. The summed E-state index contributed by atoms with van der Waals surface area (Å²) in [6.07, 6.45) is 22.0. The third-order valence-electron chi connectivity index (χ3n) is 5.86. The molecule has 1 aromatic rings. The number of para-hydroxylation sites is 2. The van der Waals surface area contributed by atoms with Crippen LogP contribution in [0.1, 0.15) is 96.8 Å². The zero-order valence-corrected chi connectivity index (χ0v) is 17.4. The van der Waals surface area contributed by atoms with Crippen LogP contribution in [0.15, 0.2) is 29.3 Å². The molecule has 0 aromatic heterocycles. The van der Waals surface area contributed by atoms with Gasteiger partial charge in [-0.05, 0) is 18.9 Å². The summed E-state index contributed by atoms with van der Waals surface area (Å²) < 4.78 is 0.883. The van der Waals surface area contributed by atoms with E-state index in [1.165, 1.54) is 102 Å². The Bertz CT molecular complexity index is 523. The summed E-state index contributed by atoms with van der Waals surface area (Å²) in [5.74, 6) is 0. The van der Waals surface area contributed by atoms with Crippen molar-refractivity contribution in [3.63, 3.8) is 0 Å². The molecule has 0 saturated carbocycles. The second-order valence-corrected chi connectivity index (χ2v) is 8.32. The van der Waals surface area contributed by atoms with Gasteiger partial charge in [-0.3, -0.25) is 0 Å². The summed E-state index contributed by atoms with van der Waals surface area (Å²) in [5, 5.41) is 0. The first-order chi connectivity index (χ1) is 12.8. The lowest BCUT2D eigenvalue weighted by Gasteiger charge is -2.25. The van der Waals surface area contributed by atoms with Crippen LogP contribution in [-0.4, -0.2) is 19.9 Å². The van der Waals surface area contributed by atoms with Crippen LogP contribution in [0.2, 0.25) is 0 Å². The Kier molecular flexibility index (Phi) is 9.99. The van der Waals surface area contributed by atoms with Crippen molar-refractivity contribution in [2.75, 3.05) is 13.6 Å². The molecule has 0 N–H and O–H groups in total. The monoisotopic (exact) mass is 357 g/mol. The third kappa shape index (κ3) is 7.23. The van der Waals surface area contributed by atoms with E-state index in [0.29, 0.717) is 0 Å². The van der Waals surface area contributed by atoms with E-state index < -0.39 is 0 Å². The van der Waals surface area contributed by atoms with E-state index in [1.54, 1.807) is 0 Å². The number of rotatable bonds is 15. The van der Waals surface area contributed by atoms with Gasteiger partial charge in [-0.15, -0.1) is 0 Å². The van der Waals surface area contributed by atoms with Crippen LogP contribution in [0.5, 0.6) is 0 Å². The van der Waals surface area contributed by atoms with Crippen molar-refractivity contribution in [1.82, 2.24) is 4.48 Å². The van der Waals surface area contributed by atoms with Crippen molar-refractivity contribution in [3.05, 3.63) is 24.3 Å². The summed E-state index contributed by atoms with van der Waals surface area (Å²) in [6, 6.07) is 8.57. The maximum atomic E-state index is 4.58. The standard InChI is InChI=1S/C24H41N2/c1-3-4-5-6-7-8-9-10-11-12-13-14-15-18-21-26(2)22-25-23-19-16-17-20-24(23)26/h16-17,19-20,22H,3-15,18,21H2,1-2H3/q+1. The molecule has 1 unspecified atom stereocenters. The molecule has 0 fully saturated rings. The topological polar surface area (TPSA) is 12.4 Å². The number of quaternary nitrogens is 1. The van der Waals surface area contributed by atoms with E-state index in [4.69, 9.17) is 0 Å². The van der Waals surface area contributed by atoms with Gasteiger partial charge in [0.25, 0.3) is 0 Å². The number of fused-ring (bicyclic) bond motifs is 1. The highest BCUT2D eigenvalue weighted by Gasteiger charge is 2.30. The van der Waals surface area contributed by atoms with Crippen LogP contribution in [0, 0.1) is 0 Å². The molecule has 2 heteroatoms. The molecule has 1 aliphatic heterocycles. The van der Waals surface area contributed by atoms with Crippen LogP contribution in [0.25, 0.3) is 0 Å². The highest BCUT2D eigenvalue weighted by molar-refractivity contribution is 5.88. The maximum absolute atomic E-state index is 4.58. The molecular weight excluding hydrogens is 316 g/mol. The summed E-state index contributed by atoms with van der Waals surface area (Å²) >= 11 is 0. The summed E-state index contributed by atoms with van der Waals surface area (Å²) in [7, 11) is 2.29. The minimum absolute atomic E-state index is 0.883. The second kappa shape index (κ2) is 12.3. The molecule has 0 aliphatic carbocycles. The smallest absolute Gasteiger partial charge is 0.195 e. The molecule has 1 aromatic carbocycles. The minimum Gasteiger partial charge on any atom is -0.249 e. The summed E-state index contributed by atoms with van der Waals surface area (Å²) in [6.45, 7) is 3.47. The van der Waals surface area contributed by atoms with Crippen molar-refractivity contribution < 1.29 is 0 Å². The molecule has 0 amide bonds. The molecule has 0 bridgehead atoms. The molecule has 0 radical (unpaired) electrons. The van der Waals surface area contributed by atoms with Crippen molar-refractivity contribution in [2.24, 2.45) is 4.99 Å². The van der Waals surface area contributed by atoms with Crippen molar-refractivity contribution in [2.45, 2.75) is 96.8 Å². The fourth-order valence-electron chi connectivity index (χ4n) is 4.07. The van der Waals surface area contributed by atoms with E-state index >= 15 is 0 Å². The number of hydrogen-bond acceptors (Lipinski definition) is 1. The summed E-state index contributed by atoms with van der Waals surface area (Å²) in [5.41, 5.74) is 2.52. The highest BCUT2D eigenvalue weighted by atomic mass is 15.4. The van der Waals surface area contributed by atoms with Crippen molar-refractivity contribution >= 4 is 17.7 Å². The Morgan fingerprint density at radius 1 is 0.692 bits per heavy atom. The molecular formula is C24H41N2+. The molecule has 1 heterocycles. The molecule has 146 valence electrons. The molecule has 26 heavy (non-hydrogen) atoms. The van der Waals surface area contributed by atoms with Crippen LogP contribution in [-0.2, 0) is 0 Å². The van der Waals surface area contributed by atoms with E-state index in [2.05, 4.69) is 49.6 Å². The lowest BCUT2D eigenvalue weighted by atomic mass is 10.0. The Morgan fingerprint density at radius 3 is 1.77 bits per heavy atom. The van der Waals surface area contributed by atoms with Gasteiger partial charge in [-0.2, -0.15) is 4.99 Å².